The quantitative estimate of drug-likeness (QED) is 0.420. The molecule has 0 heterocycles. The zero-order valence-electron chi connectivity index (χ0n) is 14.1. The Labute approximate surface area is 144 Å². The van der Waals surface area contributed by atoms with Crippen LogP contribution in [0.4, 0.5) is 16.2 Å². The van der Waals surface area contributed by atoms with Crippen molar-refractivity contribution in [2.45, 2.75) is 39.2 Å². The van der Waals surface area contributed by atoms with Crippen molar-refractivity contribution in [2.24, 2.45) is 0 Å². The van der Waals surface area contributed by atoms with Crippen molar-refractivity contribution < 1.29 is 24.0 Å². The number of hydrazine groups is 1. The van der Waals surface area contributed by atoms with E-state index < -0.39 is 28.4 Å². The van der Waals surface area contributed by atoms with E-state index in [2.05, 4.69) is 16.2 Å². The maximum Gasteiger partial charge on any atom is 0.337 e. The van der Waals surface area contributed by atoms with E-state index in [0.29, 0.717) is 5.69 Å². The molecule has 10 heteroatoms. The van der Waals surface area contributed by atoms with Crippen LogP contribution in [-0.2, 0) is 14.3 Å². The number of esters is 1. The minimum absolute atomic E-state index is 0.110. The Bertz CT molecular complexity index is 651. The number of rotatable bonds is 5. The SMILES string of the molecule is CC(C)(C)OC(=O)CCC(=O)NNC(=O)Nc1ccc([N+](=O)[O-])cc1. The fourth-order valence-corrected chi connectivity index (χ4v) is 1.63. The lowest BCUT2D eigenvalue weighted by Crippen LogP contribution is -2.44. The van der Waals surface area contributed by atoms with Gasteiger partial charge in [0.25, 0.3) is 5.69 Å². The maximum absolute atomic E-state index is 11.6. The fourth-order valence-electron chi connectivity index (χ4n) is 1.63. The number of benzene rings is 1. The molecule has 3 N–H and O–H groups in total. The van der Waals surface area contributed by atoms with Gasteiger partial charge in [-0.15, -0.1) is 0 Å². The summed E-state index contributed by atoms with van der Waals surface area (Å²) in [4.78, 5) is 44.6. The highest BCUT2D eigenvalue weighted by atomic mass is 16.6. The number of carbonyl (C=O) groups is 3. The fraction of sp³-hybridized carbons (Fsp3) is 0.400. The van der Waals surface area contributed by atoms with E-state index in [4.69, 9.17) is 4.74 Å². The minimum atomic E-state index is -0.737. The van der Waals surface area contributed by atoms with Crippen molar-refractivity contribution >= 4 is 29.3 Å². The highest BCUT2D eigenvalue weighted by Gasteiger charge is 2.17. The van der Waals surface area contributed by atoms with E-state index >= 15 is 0 Å². The highest BCUT2D eigenvalue weighted by molar-refractivity contribution is 5.91. The molecular formula is C15H20N4O6. The summed E-state index contributed by atoms with van der Waals surface area (Å²) in [7, 11) is 0. The number of nitro benzene ring substituents is 1. The Morgan fingerprint density at radius 2 is 1.68 bits per heavy atom. The molecule has 1 aromatic rings. The predicted octanol–water partition coefficient (Wildman–Crippen LogP) is 1.87. The van der Waals surface area contributed by atoms with Crippen LogP contribution in [0.25, 0.3) is 0 Å². The summed E-state index contributed by atoms with van der Waals surface area (Å²) >= 11 is 0. The summed E-state index contributed by atoms with van der Waals surface area (Å²) in [6.07, 6.45) is -0.262. The molecule has 0 aromatic heterocycles. The molecular weight excluding hydrogens is 332 g/mol. The van der Waals surface area contributed by atoms with Crippen molar-refractivity contribution in [3.63, 3.8) is 0 Å². The van der Waals surface area contributed by atoms with Crippen molar-refractivity contribution in [3.05, 3.63) is 34.4 Å². The molecule has 0 unspecified atom stereocenters. The lowest BCUT2D eigenvalue weighted by atomic mass is 10.2. The van der Waals surface area contributed by atoms with Crippen LogP contribution in [0.3, 0.4) is 0 Å². The van der Waals surface area contributed by atoms with E-state index in [0.717, 1.165) is 0 Å². The molecule has 0 aliphatic heterocycles. The van der Waals surface area contributed by atoms with Crippen molar-refractivity contribution in [1.82, 2.24) is 10.9 Å². The second-order valence-corrected chi connectivity index (χ2v) is 6.02. The number of nitro groups is 1. The zero-order valence-corrected chi connectivity index (χ0v) is 14.1. The van der Waals surface area contributed by atoms with E-state index in [1.54, 1.807) is 20.8 Å². The standard InChI is InChI=1S/C15H20N4O6/c1-15(2,3)25-13(21)9-8-12(20)17-18-14(22)16-10-4-6-11(7-5-10)19(23)24/h4-7H,8-9H2,1-3H3,(H,17,20)(H2,16,18,22). The van der Waals surface area contributed by atoms with E-state index in [1.807, 2.05) is 0 Å². The summed E-state index contributed by atoms with van der Waals surface area (Å²) in [6, 6.07) is 4.42. The second-order valence-electron chi connectivity index (χ2n) is 6.02. The van der Waals surface area contributed by atoms with Gasteiger partial charge >= 0.3 is 12.0 Å². The predicted molar refractivity (Wildman–Crippen MR) is 88.5 cm³/mol. The van der Waals surface area contributed by atoms with Crippen molar-refractivity contribution in [1.29, 1.82) is 0 Å². The smallest absolute Gasteiger partial charge is 0.337 e. The monoisotopic (exact) mass is 352 g/mol. The molecule has 0 spiro atoms. The molecule has 0 saturated carbocycles. The average molecular weight is 352 g/mol. The van der Waals surface area contributed by atoms with E-state index in [1.165, 1.54) is 24.3 Å². The first-order chi connectivity index (χ1) is 11.6. The lowest BCUT2D eigenvalue weighted by Gasteiger charge is -2.19. The average Bonchev–Trinajstić information content (AvgIpc) is 2.50. The van der Waals surface area contributed by atoms with Gasteiger partial charge in [0, 0.05) is 24.2 Å². The molecule has 0 fully saturated rings. The van der Waals surface area contributed by atoms with Gasteiger partial charge in [-0.1, -0.05) is 0 Å². The van der Waals surface area contributed by atoms with Crippen LogP contribution in [-0.4, -0.2) is 28.4 Å². The number of hydrogen-bond donors (Lipinski definition) is 3. The van der Waals surface area contributed by atoms with Crippen LogP contribution in [0.15, 0.2) is 24.3 Å². The Kier molecular flexibility index (Phi) is 6.85. The van der Waals surface area contributed by atoms with Crippen LogP contribution in [0.1, 0.15) is 33.6 Å². The summed E-state index contributed by atoms with van der Waals surface area (Å²) in [5, 5.41) is 12.9. The van der Waals surface area contributed by atoms with Crippen LogP contribution in [0, 0.1) is 10.1 Å². The molecule has 0 aliphatic carbocycles. The summed E-state index contributed by atoms with van der Waals surface area (Å²) in [6.45, 7) is 5.15. The Hall–Kier alpha value is -3.17. The first kappa shape index (κ1) is 19.9. The molecule has 0 aliphatic rings. The topological polar surface area (TPSA) is 140 Å². The minimum Gasteiger partial charge on any atom is -0.460 e. The summed E-state index contributed by atoms with van der Waals surface area (Å²) in [5.41, 5.74) is 3.81. The van der Waals surface area contributed by atoms with Gasteiger partial charge in [0.1, 0.15) is 5.60 Å². The van der Waals surface area contributed by atoms with E-state index in [-0.39, 0.29) is 18.5 Å². The Balaban J connectivity index is 2.32. The van der Waals surface area contributed by atoms with Crippen LogP contribution in [0.2, 0.25) is 0 Å². The molecule has 1 rings (SSSR count). The molecule has 0 radical (unpaired) electrons. The van der Waals surface area contributed by atoms with Crippen LogP contribution >= 0.6 is 0 Å². The first-order valence-electron chi connectivity index (χ1n) is 7.39. The molecule has 0 bridgehead atoms. The molecule has 3 amide bonds. The Morgan fingerprint density at radius 1 is 1.08 bits per heavy atom. The lowest BCUT2D eigenvalue weighted by molar-refractivity contribution is -0.384. The van der Waals surface area contributed by atoms with Crippen molar-refractivity contribution in [2.75, 3.05) is 5.32 Å². The number of anilines is 1. The summed E-state index contributed by atoms with van der Waals surface area (Å²) in [5.74, 6) is -1.08. The molecule has 25 heavy (non-hydrogen) atoms. The zero-order chi connectivity index (χ0) is 19.0. The van der Waals surface area contributed by atoms with Gasteiger partial charge in [-0.05, 0) is 32.9 Å². The number of ether oxygens (including phenoxy) is 1. The third-order valence-corrected chi connectivity index (χ3v) is 2.63. The Morgan fingerprint density at radius 3 is 2.20 bits per heavy atom. The summed E-state index contributed by atoms with van der Waals surface area (Å²) < 4.78 is 5.05. The van der Waals surface area contributed by atoms with Gasteiger partial charge in [0.05, 0.1) is 11.3 Å². The number of hydrogen-bond acceptors (Lipinski definition) is 6. The molecule has 136 valence electrons. The number of urea groups is 1. The number of carbonyl (C=O) groups excluding carboxylic acids is 3. The number of amides is 3. The van der Waals surface area contributed by atoms with E-state index in [9.17, 15) is 24.5 Å². The van der Waals surface area contributed by atoms with Gasteiger partial charge in [0.15, 0.2) is 0 Å². The van der Waals surface area contributed by atoms with Gasteiger partial charge in [-0.3, -0.25) is 25.1 Å². The van der Waals surface area contributed by atoms with Crippen LogP contribution in [0.5, 0.6) is 0 Å². The second kappa shape index (κ2) is 8.62. The third kappa shape index (κ3) is 8.30. The molecule has 10 nitrogen and oxygen atoms in total. The first-order valence-corrected chi connectivity index (χ1v) is 7.39. The maximum atomic E-state index is 11.6. The number of nitrogens with one attached hydrogen (secondary N) is 3. The number of nitrogens with zero attached hydrogens (tertiary/aromatic N) is 1. The van der Waals surface area contributed by atoms with Gasteiger partial charge in [-0.2, -0.15) is 0 Å². The van der Waals surface area contributed by atoms with Gasteiger partial charge in [0.2, 0.25) is 5.91 Å². The van der Waals surface area contributed by atoms with Crippen molar-refractivity contribution in [3.8, 4) is 0 Å². The highest BCUT2D eigenvalue weighted by Crippen LogP contribution is 2.15. The van der Waals surface area contributed by atoms with Gasteiger partial charge in [-0.25, -0.2) is 10.2 Å². The molecule has 1 aromatic carbocycles. The van der Waals surface area contributed by atoms with Gasteiger partial charge < -0.3 is 10.1 Å². The third-order valence-electron chi connectivity index (χ3n) is 2.63. The molecule has 0 saturated heterocycles. The molecule has 0 atom stereocenters. The normalized spacial score (nSPS) is 10.5. The largest absolute Gasteiger partial charge is 0.460 e. The number of non-ortho nitro benzene ring substituents is 1. The van der Waals surface area contributed by atoms with Crippen LogP contribution < -0.4 is 16.2 Å².